The lowest BCUT2D eigenvalue weighted by Gasteiger charge is -1.68. The van der Waals surface area contributed by atoms with Crippen molar-refractivity contribution in [1.29, 1.82) is 0 Å². The van der Waals surface area contributed by atoms with Crippen molar-refractivity contribution in [3.8, 4) is 0 Å². The molecular weight excluding hydrogens is 231 g/mol. The molecule has 0 aromatic rings. The van der Waals surface area contributed by atoms with Gasteiger partial charge in [-0.2, -0.15) is 16.8 Å². The van der Waals surface area contributed by atoms with Crippen LogP contribution in [0.25, 0.3) is 0 Å². The molecule has 0 aromatic carbocycles. The quantitative estimate of drug-likeness (QED) is 0.452. The van der Waals surface area contributed by atoms with Crippen molar-refractivity contribution in [2.24, 2.45) is 0 Å². The summed E-state index contributed by atoms with van der Waals surface area (Å²) in [6, 6.07) is 0. The Morgan fingerprint density at radius 1 is 0.900 bits per heavy atom. The Morgan fingerprint density at radius 3 is 0.900 bits per heavy atom. The van der Waals surface area contributed by atoms with E-state index in [0.717, 1.165) is 0 Å². The van der Waals surface area contributed by atoms with Gasteiger partial charge in [-0.1, -0.05) is 0 Å². The molecule has 0 aromatic heterocycles. The summed E-state index contributed by atoms with van der Waals surface area (Å²) in [6.07, 6.45) is 0. The van der Waals surface area contributed by atoms with Gasteiger partial charge in [0.05, 0.1) is 0 Å². The van der Waals surface area contributed by atoms with Crippen molar-refractivity contribution in [2.75, 3.05) is 0 Å². The molecule has 0 bridgehead atoms. The lowest BCUT2D eigenvalue weighted by atomic mass is 15.8. The number of rotatable bonds is 0. The largest absolute Gasteiger partial charge is 0.394 e. The van der Waals surface area contributed by atoms with E-state index in [1.54, 1.807) is 0 Å². The number of halogens is 2. The third-order valence-corrected chi connectivity index (χ3v) is 0. The fraction of sp³-hybridized carbons (Fsp3) is 0. The average molecular weight is 233 g/mol. The zero-order chi connectivity index (χ0) is 9.00. The van der Waals surface area contributed by atoms with Crippen LogP contribution >= 0.6 is 21.4 Å². The summed E-state index contributed by atoms with van der Waals surface area (Å²) in [7, 11) is 0.147. The summed E-state index contributed by atoms with van der Waals surface area (Å²) in [5.74, 6) is 0. The number of hydrogen-bond donors (Lipinski definition) is 2. The first-order valence-electron chi connectivity index (χ1n) is 1.34. The highest BCUT2D eigenvalue weighted by Gasteiger charge is 1.88. The Kier molecular flexibility index (Phi) is 5.62. The van der Waals surface area contributed by atoms with Crippen molar-refractivity contribution in [1.82, 2.24) is 0 Å². The van der Waals surface area contributed by atoms with Crippen molar-refractivity contribution >= 4 is 40.0 Å². The fourth-order valence-corrected chi connectivity index (χ4v) is 0. The van der Waals surface area contributed by atoms with Gasteiger partial charge in [-0.3, -0.25) is 9.11 Å². The highest BCUT2D eigenvalue weighted by molar-refractivity contribution is 8.31. The van der Waals surface area contributed by atoms with Crippen LogP contribution in [-0.2, 0) is 18.7 Å². The first-order valence-corrected chi connectivity index (χ1v) is 5.87. The molecular formula is H2Cl2O6S2. The van der Waals surface area contributed by atoms with Crippen LogP contribution in [0.3, 0.4) is 0 Å². The highest BCUT2D eigenvalue weighted by Crippen LogP contribution is 1.98. The molecule has 0 aliphatic heterocycles. The molecule has 10 heteroatoms. The zero-order valence-electron chi connectivity index (χ0n) is 4.10. The highest BCUT2D eigenvalue weighted by atomic mass is 36.0. The second-order valence-corrected chi connectivity index (χ2v) is 5.39. The summed E-state index contributed by atoms with van der Waals surface area (Å²) in [6.45, 7) is 0. The molecule has 0 rings (SSSR count). The Morgan fingerprint density at radius 2 is 0.900 bits per heavy atom. The van der Waals surface area contributed by atoms with Crippen molar-refractivity contribution < 1.29 is 25.9 Å². The van der Waals surface area contributed by atoms with Crippen LogP contribution in [0.15, 0.2) is 0 Å². The fourth-order valence-electron chi connectivity index (χ4n) is 0. The van der Waals surface area contributed by atoms with Gasteiger partial charge in [0.1, 0.15) is 0 Å². The molecule has 0 atom stereocenters. The van der Waals surface area contributed by atoms with Crippen LogP contribution < -0.4 is 0 Å². The second kappa shape index (κ2) is 4.31. The third kappa shape index (κ3) is 2870. The second-order valence-electron chi connectivity index (χ2n) is 0.826. The molecule has 64 valence electrons. The maximum Gasteiger partial charge on any atom is 0.394 e. The smallest absolute Gasteiger partial charge is 0.264 e. The molecule has 0 heterocycles. The predicted molar refractivity (Wildman–Crippen MR) is 34.8 cm³/mol. The average Bonchev–Trinajstić information content (AvgIpc) is 1.12. The van der Waals surface area contributed by atoms with Gasteiger partial charge in [0.2, 0.25) is 0 Å². The van der Waals surface area contributed by atoms with Crippen LogP contribution in [0.2, 0.25) is 0 Å². The Balaban J connectivity index is 0. The monoisotopic (exact) mass is 232 g/mol. The third-order valence-electron chi connectivity index (χ3n) is 0. The maximum absolute atomic E-state index is 9.16. The standard InChI is InChI=1S/Cl2O2S.H2O4S/c2*1-5(2,3)4/h;(H2,1,2,3,4). The molecule has 0 saturated carbocycles. The molecule has 0 aliphatic rings. The first kappa shape index (κ1) is 13.0. The van der Waals surface area contributed by atoms with Gasteiger partial charge >= 0.3 is 18.7 Å². The minimum atomic E-state index is -4.67. The minimum Gasteiger partial charge on any atom is -0.264 e. The van der Waals surface area contributed by atoms with Gasteiger partial charge < -0.3 is 0 Å². The predicted octanol–water partition coefficient (Wildman–Crippen LogP) is 0.0560. The molecule has 10 heavy (non-hydrogen) atoms. The molecule has 0 aliphatic carbocycles. The zero-order valence-corrected chi connectivity index (χ0v) is 7.24. The van der Waals surface area contributed by atoms with E-state index in [1.165, 1.54) is 0 Å². The van der Waals surface area contributed by atoms with Crippen LogP contribution in [0, 0.1) is 0 Å². The molecule has 6 nitrogen and oxygen atoms in total. The Labute approximate surface area is 66.3 Å². The van der Waals surface area contributed by atoms with Gasteiger partial charge in [0.25, 0.3) is 0 Å². The van der Waals surface area contributed by atoms with Gasteiger partial charge in [0, 0.05) is 21.4 Å². The lowest BCUT2D eigenvalue weighted by Crippen LogP contribution is -1.89. The molecule has 2 N–H and O–H groups in total. The van der Waals surface area contributed by atoms with Crippen LogP contribution in [0.1, 0.15) is 0 Å². The van der Waals surface area contributed by atoms with Crippen LogP contribution in [0.4, 0.5) is 0 Å². The van der Waals surface area contributed by atoms with Gasteiger partial charge in [-0.25, -0.2) is 0 Å². The van der Waals surface area contributed by atoms with E-state index in [2.05, 4.69) is 21.4 Å². The van der Waals surface area contributed by atoms with Crippen molar-refractivity contribution in [2.45, 2.75) is 0 Å². The van der Waals surface area contributed by atoms with E-state index < -0.39 is 18.7 Å². The summed E-state index contributed by atoms with van der Waals surface area (Å²) >= 11 is 0. The van der Waals surface area contributed by atoms with Crippen molar-refractivity contribution in [3.05, 3.63) is 0 Å². The molecule has 0 saturated heterocycles. The molecule has 0 amide bonds. The molecule has 0 fully saturated rings. The molecule has 0 radical (unpaired) electrons. The lowest BCUT2D eigenvalue weighted by molar-refractivity contribution is 0.381. The molecule has 0 spiro atoms. The van der Waals surface area contributed by atoms with E-state index in [4.69, 9.17) is 25.9 Å². The number of hydrogen-bond acceptors (Lipinski definition) is 4. The molecule has 0 unspecified atom stereocenters. The van der Waals surface area contributed by atoms with Gasteiger partial charge in [0.15, 0.2) is 0 Å². The van der Waals surface area contributed by atoms with Gasteiger partial charge in [-0.15, -0.1) is 0 Å². The normalized spacial score (nSPS) is 11.6. The van der Waals surface area contributed by atoms with E-state index in [-0.39, 0.29) is 0 Å². The van der Waals surface area contributed by atoms with E-state index >= 15 is 0 Å². The van der Waals surface area contributed by atoms with E-state index in [0.29, 0.717) is 0 Å². The summed E-state index contributed by atoms with van der Waals surface area (Å²) in [5.41, 5.74) is 0. The van der Waals surface area contributed by atoms with E-state index in [9.17, 15) is 0 Å². The van der Waals surface area contributed by atoms with Crippen molar-refractivity contribution in [3.63, 3.8) is 0 Å². The van der Waals surface area contributed by atoms with Crippen LogP contribution in [0.5, 0.6) is 0 Å². The van der Waals surface area contributed by atoms with Crippen LogP contribution in [-0.4, -0.2) is 25.9 Å². The first-order chi connectivity index (χ1) is 4.00. The minimum absolute atomic E-state index is 3.72. The summed E-state index contributed by atoms with van der Waals surface area (Å²) in [5, 5.41) is 0. The topological polar surface area (TPSA) is 109 Å². The Bertz CT molecular complexity index is 210. The van der Waals surface area contributed by atoms with E-state index in [1.807, 2.05) is 0 Å². The summed E-state index contributed by atoms with van der Waals surface area (Å²) in [4.78, 5) is 0. The summed E-state index contributed by atoms with van der Waals surface area (Å²) < 4.78 is 49.9. The maximum atomic E-state index is 9.16. The van der Waals surface area contributed by atoms with Gasteiger partial charge in [-0.05, 0) is 0 Å². The Hall–Kier alpha value is 0.400. The SMILES string of the molecule is O=S(=O)(Cl)Cl.O=S(=O)(O)O.